The Labute approximate surface area is 345 Å². The Morgan fingerprint density at radius 3 is 2.58 bits per heavy atom. The van der Waals surface area contributed by atoms with E-state index in [1.165, 1.54) is 18.7 Å². The van der Waals surface area contributed by atoms with Gasteiger partial charge in [-0.1, -0.05) is 66.4 Å². The van der Waals surface area contributed by atoms with Crippen LogP contribution in [0.4, 0.5) is 0 Å². The molecule has 57 heavy (non-hydrogen) atoms. The van der Waals surface area contributed by atoms with Gasteiger partial charge < -0.3 is 34.3 Å². The minimum Gasteiger partial charge on any atom is -0.492 e. The van der Waals surface area contributed by atoms with E-state index in [9.17, 15) is 15.2 Å². The summed E-state index contributed by atoms with van der Waals surface area (Å²) in [5.74, 6) is 1.57. The molecule has 2 aliphatic carbocycles. The fraction of sp³-hybridized carbons (Fsp3) is 0.444. The van der Waals surface area contributed by atoms with Crippen molar-refractivity contribution in [3.63, 3.8) is 0 Å². The van der Waals surface area contributed by atoms with E-state index in [2.05, 4.69) is 33.4 Å². The predicted octanol–water partition coefficient (Wildman–Crippen LogP) is 8.76. The summed E-state index contributed by atoms with van der Waals surface area (Å²) in [6, 6.07) is 19.8. The van der Waals surface area contributed by atoms with Crippen LogP contribution in [0.1, 0.15) is 92.2 Å². The molecule has 1 aliphatic heterocycles. The van der Waals surface area contributed by atoms with Crippen molar-refractivity contribution in [3.8, 4) is 34.4 Å². The molecule has 0 radical (unpaired) electrons. The molecule has 2 heterocycles. The van der Waals surface area contributed by atoms with Gasteiger partial charge in [0.2, 0.25) is 0 Å². The number of hydrogen-bond acceptors (Lipinski definition) is 10. The van der Waals surface area contributed by atoms with E-state index in [0.717, 1.165) is 105 Å². The van der Waals surface area contributed by atoms with Gasteiger partial charge in [0.05, 0.1) is 28.3 Å². The number of benzene rings is 3. The van der Waals surface area contributed by atoms with E-state index < -0.39 is 0 Å². The Morgan fingerprint density at radius 1 is 0.965 bits per heavy atom. The molecule has 12 heteroatoms. The molecular formula is C45H50Cl2N4O6. The first-order valence-electron chi connectivity index (χ1n) is 20.1. The summed E-state index contributed by atoms with van der Waals surface area (Å²) in [7, 11) is 0. The molecule has 2 N–H and O–H groups in total. The van der Waals surface area contributed by atoms with Crippen molar-refractivity contribution in [2.45, 2.75) is 102 Å². The number of fused-ring (bicyclic) bond motifs is 1. The van der Waals surface area contributed by atoms with Crippen LogP contribution >= 0.6 is 23.2 Å². The van der Waals surface area contributed by atoms with Crippen molar-refractivity contribution in [1.29, 1.82) is 5.26 Å². The SMILES string of the molecule is CC(=O)OC1CCN(CCCOc2cccc(-c3cccc4c3CC[C@@H]4Oc3cc(OCc4cncc(C#N)c4)c(CN[C@@H]4CCCC[C@@H]4O)cc3Cl)c2Cl)CC1. The van der Waals surface area contributed by atoms with E-state index in [-0.39, 0.29) is 36.9 Å². The highest BCUT2D eigenvalue weighted by molar-refractivity contribution is 6.35. The first kappa shape index (κ1) is 40.8. The number of pyridine rings is 1. The van der Waals surface area contributed by atoms with E-state index in [0.29, 0.717) is 46.0 Å². The van der Waals surface area contributed by atoms with Gasteiger partial charge in [0.15, 0.2) is 0 Å². The van der Waals surface area contributed by atoms with Crippen molar-refractivity contribution in [1.82, 2.24) is 15.2 Å². The van der Waals surface area contributed by atoms with Crippen molar-refractivity contribution in [2.24, 2.45) is 0 Å². The van der Waals surface area contributed by atoms with Gasteiger partial charge in [0, 0.05) is 74.3 Å². The van der Waals surface area contributed by atoms with Gasteiger partial charge in [-0.15, -0.1) is 0 Å². The first-order chi connectivity index (χ1) is 27.7. The minimum atomic E-state index is -0.390. The number of aliphatic hydroxyl groups is 1. The zero-order chi connectivity index (χ0) is 39.7. The fourth-order valence-corrected chi connectivity index (χ4v) is 8.76. The van der Waals surface area contributed by atoms with Gasteiger partial charge in [-0.25, -0.2) is 0 Å². The third-order valence-corrected chi connectivity index (χ3v) is 11.9. The Hall–Kier alpha value is -4.37. The summed E-state index contributed by atoms with van der Waals surface area (Å²) in [6.45, 7) is 5.41. The number of likely N-dealkylation sites (tertiary alicyclic amines) is 1. The maximum absolute atomic E-state index is 11.3. The lowest BCUT2D eigenvalue weighted by atomic mass is 9.92. The normalized spacial score (nSPS) is 19.7. The van der Waals surface area contributed by atoms with Crippen LogP contribution in [-0.2, 0) is 29.1 Å². The lowest BCUT2D eigenvalue weighted by molar-refractivity contribution is -0.148. The highest BCUT2D eigenvalue weighted by atomic mass is 35.5. The predicted molar refractivity (Wildman–Crippen MR) is 220 cm³/mol. The van der Waals surface area contributed by atoms with Crippen molar-refractivity contribution in [3.05, 3.63) is 105 Å². The number of aromatic nitrogens is 1. The number of carbonyl (C=O) groups is 1. The van der Waals surface area contributed by atoms with Crippen molar-refractivity contribution in [2.75, 3.05) is 26.2 Å². The smallest absolute Gasteiger partial charge is 0.302 e. The second-order valence-corrected chi connectivity index (χ2v) is 16.0. The molecule has 0 amide bonds. The van der Waals surface area contributed by atoms with E-state index in [4.69, 9.17) is 42.1 Å². The van der Waals surface area contributed by atoms with Crippen LogP contribution in [0.15, 0.2) is 67.0 Å². The van der Waals surface area contributed by atoms with Crippen LogP contribution in [0, 0.1) is 11.3 Å². The van der Waals surface area contributed by atoms with Crippen LogP contribution in [0.3, 0.4) is 0 Å². The summed E-state index contributed by atoms with van der Waals surface area (Å²) in [6.07, 6.45) is 10.6. The Balaban J connectivity index is 1.03. The molecule has 3 aromatic carbocycles. The number of hydrogen-bond donors (Lipinski definition) is 2. The van der Waals surface area contributed by atoms with Crippen LogP contribution in [0.25, 0.3) is 11.1 Å². The van der Waals surface area contributed by atoms with E-state index >= 15 is 0 Å². The molecule has 0 spiro atoms. The molecule has 7 rings (SSSR count). The van der Waals surface area contributed by atoms with Crippen LogP contribution in [0.5, 0.6) is 17.2 Å². The molecule has 1 saturated heterocycles. The Bertz CT molecular complexity index is 2070. The van der Waals surface area contributed by atoms with Gasteiger partial charge in [0.1, 0.15) is 42.1 Å². The topological polar surface area (TPSA) is 126 Å². The summed E-state index contributed by atoms with van der Waals surface area (Å²) >= 11 is 14.0. The van der Waals surface area contributed by atoms with Gasteiger partial charge in [0.25, 0.3) is 0 Å². The van der Waals surface area contributed by atoms with Crippen LogP contribution in [-0.4, -0.2) is 65.5 Å². The highest BCUT2D eigenvalue weighted by Gasteiger charge is 2.29. The lowest BCUT2D eigenvalue weighted by Gasteiger charge is -2.31. The average molecular weight is 814 g/mol. The number of halogens is 2. The van der Waals surface area contributed by atoms with E-state index in [1.54, 1.807) is 12.3 Å². The third-order valence-electron chi connectivity index (χ3n) is 11.2. The number of esters is 1. The van der Waals surface area contributed by atoms with Gasteiger partial charge in [-0.05, 0) is 79.8 Å². The molecule has 10 nitrogen and oxygen atoms in total. The zero-order valence-electron chi connectivity index (χ0n) is 32.4. The molecule has 3 atom stereocenters. The maximum atomic E-state index is 11.3. The summed E-state index contributed by atoms with van der Waals surface area (Å²) < 4.78 is 24.7. The van der Waals surface area contributed by atoms with Crippen LogP contribution < -0.4 is 19.5 Å². The maximum Gasteiger partial charge on any atom is 0.302 e. The highest BCUT2D eigenvalue weighted by Crippen LogP contribution is 2.45. The van der Waals surface area contributed by atoms with Crippen LogP contribution in [0.2, 0.25) is 10.0 Å². The number of ether oxygens (including phenoxy) is 4. The lowest BCUT2D eigenvalue weighted by Crippen LogP contribution is -2.41. The molecule has 2 fully saturated rings. The van der Waals surface area contributed by atoms with Gasteiger partial charge in [-0.2, -0.15) is 5.26 Å². The number of nitrogens with zero attached hydrogens (tertiary/aromatic N) is 3. The van der Waals surface area contributed by atoms with Gasteiger partial charge in [-0.3, -0.25) is 9.78 Å². The quantitative estimate of drug-likeness (QED) is 0.0889. The molecule has 0 bridgehead atoms. The molecule has 0 unspecified atom stereocenters. The molecule has 4 aromatic rings. The molecule has 1 saturated carbocycles. The second-order valence-electron chi connectivity index (χ2n) is 15.2. The number of nitrogens with one attached hydrogen (secondary N) is 1. The van der Waals surface area contributed by atoms with E-state index in [1.807, 2.05) is 36.4 Å². The number of carbonyl (C=O) groups excluding carboxylic acids is 1. The molecule has 1 aromatic heterocycles. The van der Waals surface area contributed by atoms with Crippen molar-refractivity contribution < 1.29 is 28.8 Å². The molecule has 300 valence electrons. The number of rotatable bonds is 15. The largest absolute Gasteiger partial charge is 0.492 e. The fourth-order valence-electron chi connectivity index (χ4n) is 8.25. The molecule has 3 aliphatic rings. The number of piperidine rings is 1. The zero-order valence-corrected chi connectivity index (χ0v) is 33.9. The first-order valence-corrected chi connectivity index (χ1v) is 20.8. The summed E-state index contributed by atoms with van der Waals surface area (Å²) in [5.41, 5.74) is 6.33. The minimum absolute atomic E-state index is 0.00205. The monoisotopic (exact) mass is 812 g/mol. The Kier molecular flexibility index (Phi) is 13.9. The molecular weight excluding hydrogens is 763 g/mol. The summed E-state index contributed by atoms with van der Waals surface area (Å²) in [4.78, 5) is 17.9. The van der Waals surface area contributed by atoms with Crippen molar-refractivity contribution >= 4 is 29.2 Å². The number of aliphatic hydroxyl groups excluding tert-OH is 1. The van der Waals surface area contributed by atoms with Gasteiger partial charge >= 0.3 is 5.97 Å². The summed E-state index contributed by atoms with van der Waals surface area (Å²) in [5, 5.41) is 24.5. The Morgan fingerprint density at radius 2 is 1.77 bits per heavy atom. The third kappa shape index (κ3) is 10.4. The standard InChI is InChI=1S/C45H50Cl2N4O6/c1-29(52)56-33-15-18-51(19-16-33)17-6-20-54-42-12-5-9-37(45(42)47)34-7-4-8-36-35(34)13-14-41(36)57-44-23-43(55-28-31-21-30(24-48)25-49-26-31)32(22-38(44)46)27-50-39-10-2-3-11-40(39)53/h4-5,7-9,12,21-23,25-26,33,39-41,50,53H,2-3,6,10-11,13-20,27-28H2,1H3/t39-,40+,41+/m1/s1. The average Bonchev–Trinajstić information content (AvgIpc) is 3.63. The second kappa shape index (κ2) is 19.4. The number of nitriles is 1.